The van der Waals surface area contributed by atoms with E-state index in [1.165, 1.54) is 12.0 Å². The molecule has 0 heterocycles. The summed E-state index contributed by atoms with van der Waals surface area (Å²) in [6, 6.07) is 0. The maximum absolute atomic E-state index is 8.72. The Morgan fingerprint density at radius 1 is 1.67 bits per heavy atom. The summed E-state index contributed by atoms with van der Waals surface area (Å²) in [5.41, 5.74) is 0.875. The molecule has 2 atom stereocenters. The summed E-state index contributed by atoms with van der Waals surface area (Å²) in [5.74, 6) is 0.524. The van der Waals surface area contributed by atoms with E-state index in [2.05, 4.69) is 11.5 Å². The van der Waals surface area contributed by atoms with Crippen LogP contribution in [0, 0.1) is 5.92 Å². The lowest BCUT2D eigenvalue weighted by atomic mass is 9.76. The minimum Gasteiger partial charge on any atom is -0.251 e. The first-order chi connectivity index (χ1) is 5.57. The third-order valence-electron chi connectivity index (χ3n) is 2.85. The van der Waals surface area contributed by atoms with E-state index in [-0.39, 0.29) is 5.60 Å². The van der Waals surface area contributed by atoms with Crippen molar-refractivity contribution in [1.29, 1.82) is 0 Å². The molecule has 0 spiro atoms. The predicted octanol–water partition coefficient (Wildman–Crippen LogP) is 3.00. The topological polar surface area (TPSA) is 29.5 Å². The van der Waals surface area contributed by atoms with E-state index in [1.807, 2.05) is 13.8 Å². The van der Waals surface area contributed by atoms with Crippen LogP contribution in [0.15, 0.2) is 12.2 Å². The molecular weight excluding hydrogens is 152 g/mol. The molecule has 2 heteroatoms. The molecule has 1 fully saturated rings. The monoisotopic (exact) mass is 170 g/mol. The van der Waals surface area contributed by atoms with Gasteiger partial charge in [0.05, 0.1) is 0 Å². The fraction of sp³-hybridized carbons (Fsp3) is 0.800. The van der Waals surface area contributed by atoms with Crippen molar-refractivity contribution in [2.75, 3.05) is 0 Å². The molecule has 0 aliphatic heterocycles. The van der Waals surface area contributed by atoms with Crippen molar-refractivity contribution in [3.8, 4) is 0 Å². The zero-order chi connectivity index (χ0) is 9.19. The van der Waals surface area contributed by atoms with Gasteiger partial charge in [-0.3, -0.25) is 5.26 Å². The smallest absolute Gasteiger partial charge is 0.101 e. The Balaban J connectivity index is 2.57. The second-order valence-corrected chi connectivity index (χ2v) is 4.18. The summed E-state index contributed by atoms with van der Waals surface area (Å²) in [6.45, 7) is 7.95. The molecular formula is C10H18O2. The first kappa shape index (κ1) is 9.75. The molecule has 0 radical (unpaired) electrons. The van der Waals surface area contributed by atoms with Crippen LogP contribution in [0.4, 0.5) is 0 Å². The highest BCUT2D eigenvalue weighted by Gasteiger charge is 2.33. The highest BCUT2D eigenvalue weighted by molar-refractivity contribution is 5.01. The maximum atomic E-state index is 8.72. The van der Waals surface area contributed by atoms with Gasteiger partial charge in [0.2, 0.25) is 0 Å². The second kappa shape index (κ2) is 3.58. The van der Waals surface area contributed by atoms with E-state index in [1.54, 1.807) is 0 Å². The SMILES string of the molecule is C=C(C)[C@@H]1CCC[C@@](C)(OO)C1. The predicted molar refractivity (Wildman–Crippen MR) is 48.9 cm³/mol. The average molecular weight is 170 g/mol. The molecule has 0 amide bonds. The summed E-state index contributed by atoms with van der Waals surface area (Å²) in [4.78, 5) is 4.52. The van der Waals surface area contributed by atoms with Crippen molar-refractivity contribution in [3.05, 3.63) is 12.2 Å². The van der Waals surface area contributed by atoms with Crippen LogP contribution in [-0.4, -0.2) is 10.9 Å². The molecule has 0 bridgehead atoms. The highest BCUT2D eigenvalue weighted by Crippen LogP contribution is 2.37. The first-order valence-corrected chi connectivity index (χ1v) is 4.55. The maximum Gasteiger partial charge on any atom is 0.101 e. The number of rotatable bonds is 2. The van der Waals surface area contributed by atoms with Gasteiger partial charge in [0.15, 0.2) is 0 Å². The van der Waals surface area contributed by atoms with Crippen molar-refractivity contribution in [2.45, 2.75) is 45.1 Å². The van der Waals surface area contributed by atoms with Crippen LogP contribution in [0.1, 0.15) is 39.5 Å². The Labute approximate surface area is 74.2 Å². The summed E-state index contributed by atoms with van der Waals surface area (Å²) in [7, 11) is 0. The zero-order valence-electron chi connectivity index (χ0n) is 7.97. The van der Waals surface area contributed by atoms with Crippen LogP contribution in [-0.2, 0) is 4.89 Å². The van der Waals surface area contributed by atoms with Gasteiger partial charge in [0, 0.05) is 0 Å². The standard InChI is InChI=1S/C10H18O2/c1-8(2)9-5-4-6-10(3,7-9)12-11/h9,11H,1,4-7H2,2-3H3/t9-,10-/m1/s1. The number of hydrogen-bond donors (Lipinski definition) is 1. The van der Waals surface area contributed by atoms with Crippen LogP contribution in [0.25, 0.3) is 0 Å². The third-order valence-corrected chi connectivity index (χ3v) is 2.85. The van der Waals surface area contributed by atoms with E-state index in [9.17, 15) is 0 Å². The number of hydrogen-bond acceptors (Lipinski definition) is 2. The van der Waals surface area contributed by atoms with E-state index < -0.39 is 0 Å². The Hall–Kier alpha value is -0.340. The minimum absolute atomic E-state index is 0.331. The Bertz CT molecular complexity index is 177. The number of allylic oxidation sites excluding steroid dienone is 1. The Morgan fingerprint density at radius 3 is 2.83 bits per heavy atom. The molecule has 1 rings (SSSR count). The van der Waals surface area contributed by atoms with Gasteiger partial charge in [-0.2, -0.15) is 0 Å². The normalized spacial score (nSPS) is 36.4. The summed E-state index contributed by atoms with van der Waals surface area (Å²) < 4.78 is 0. The molecule has 0 aromatic carbocycles. The van der Waals surface area contributed by atoms with Crippen molar-refractivity contribution in [3.63, 3.8) is 0 Å². The minimum atomic E-state index is -0.331. The van der Waals surface area contributed by atoms with Crippen molar-refractivity contribution in [1.82, 2.24) is 0 Å². The van der Waals surface area contributed by atoms with Crippen LogP contribution in [0.3, 0.4) is 0 Å². The van der Waals surface area contributed by atoms with Crippen LogP contribution >= 0.6 is 0 Å². The largest absolute Gasteiger partial charge is 0.251 e. The van der Waals surface area contributed by atoms with Crippen LogP contribution < -0.4 is 0 Å². The van der Waals surface area contributed by atoms with E-state index >= 15 is 0 Å². The molecule has 12 heavy (non-hydrogen) atoms. The van der Waals surface area contributed by atoms with E-state index in [0.717, 1.165) is 19.3 Å². The quantitative estimate of drug-likeness (QED) is 0.392. The summed E-state index contributed by atoms with van der Waals surface area (Å²) in [6.07, 6.45) is 4.16. The van der Waals surface area contributed by atoms with Crippen molar-refractivity contribution >= 4 is 0 Å². The van der Waals surface area contributed by atoms with Crippen molar-refractivity contribution < 1.29 is 10.1 Å². The molecule has 0 aromatic rings. The lowest BCUT2D eigenvalue weighted by Crippen LogP contribution is -2.34. The van der Waals surface area contributed by atoms with Gasteiger partial charge < -0.3 is 0 Å². The molecule has 0 aromatic heterocycles. The second-order valence-electron chi connectivity index (χ2n) is 4.18. The molecule has 0 saturated heterocycles. The van der Waals surface area contributed by atoms with Gasteiger partial charge in [-0.25, -0.2) is 4.89 Å². The van der Waals surface area contributed by atoms with Gasteiger partial charge in [0.25, 0.3) is 0 Å². The molecule has 1 aliphatic rings. The molecule has 70 valence electrons. The Morgan fingerprint density at radius 2 is 2.33 bits per heavy atom. The zero-order valence-corrected chi connectivity index (χ0v) is 7.97. The van der Waals surface area contributed by atoms with Gasteiger partial charge in [-0.05, 0) is 45.4 Å². The first-order valence-electron chi connectivity index (χ1n) is 4.55. The van der Waals surface area contributed by atoms with E-state index in [4.69, 9.17) is 5.26 Å². The van der Waals surface area contributed by atoms with Gasteiger partial charge >= 0.3 is 0 Å². The summed E-state index contributed by atoms with van der Waals surface area (Å²) >= 11 is 0. The lowest BCUT2D eigenvalue weighted by molar-refractivity contribution is -0.327. The molecule has 2 nitrogen and oxygen atoms in total. The third kappa shape index (κ3) is 2.08. The molecule has 0 unspecified atom stereocenters. The summed E-state index contributed by atoms with van der Waals surface area (Å²) in [5, 5.41) is 8.72. The highest BCUT2D eigenvalue weighted by atomic mass is 17.1. The van der Waals surface area contributed by atoms with Crippen molar-refractivity contribution in [2.24, 2.45) is 5.92 Å². The molecule has 1 saturated carbocycles. The lowest BCUT2D eigenvalue weighted by Gasteiger charge is -2.35. The van der Waals surface area contributed by atoms with Crippen LogP contribution in [0.5, 0.6) is 0 Å². The van der Waals surface area contributed by atoms with Gasteiger partial charge in [0.1, 0.15) is 5.60 Å². The fourth-order valence-corrected chi connectivity index (χ4v) is 1.95. The Kier molecular flexibility index (Phi) is 2.91. The van der Waals surface area contributed by atoms with Crippen LogP contribution in [0.2, 0.25) is 0 Å². The molecule has 1 N–H and O–H groups in total. The van der Waals surface area contributed by atoms with Gasteiger partial charge in [-0.15, -0.1) is 0 Å². The fourth-order valence-electron chi connectivity index (χ4n) is 1.95. The van der Waals surface area contributed by atoms with E-state index in [0.29, 0.717) is 5.92 Å². The molecule has 1 aliphatic carbocycles. The van der Waals surface area contributed by atoms with Gasteiger partial charge in [-0.1, -0.05) is 12.2 Å². The average Bonchev–Trinajstić information content (AvgIpc) is 2.05.